The first-order valence-electron chi connectivity index (χ1n) is 14.9. The molecule has 3 fully saturated rings. The van der Waals surface area contributed by atoms with Crippen molar-refractivity contribution < 1.29 is 47.7 Å². The van der Waals surface area contributed by atoms with Crippen LogP contribution in [-0.4, -0.2) is 99.6 Å². The fraction of sp³-hybridized carbons (Fsp3) is 0.429. The Morgan fingerprint density at radius 3 is 2.57 bits per heavy atom. The van der Waals surface area contributed by atoms with Crippen LogP contribution in [0.25, 0.3) is 22.1 Å². The Morgan fingerprint density at radius 2 is 1.82 bits per heavy atom. The number of nitrogens with one attached hydrogen (secondary N) is 1. The molecule has 20 nitrogen and oxygen atoms in total. The van der Waals surface area contributed by atoms with E-state index in [4.69, 9.17) is 30.4 Å². The van der Waals surface area contributed by atoms with Crippen molar-refractivity contribution in [3.8, 4) is 0 Å². The summed E-state index contributed by atoms with van der Waals surface area (Å²) < 4.78 is 42.3. The maximum atomic E-state index is 13.3. The number of anilines is 2. The van der Waals surface area contributed by atoms with Crippen LogP contribution in [0.15, 0.2) is 52.6 Å². The Hall–Kier alpha value is -4.37. The van der Waals surface area contributed by atoms with Gasteiger partial charge in [-0.15, -0.1) is 0 Å². The van der Waals surface area contributed by atoms with Crippen LogP contribution < -0.4 is 22.6 Å². The smallest absolute Gasteiger partial charge is 0.399 e. The van der Waals surface area contributed by atoms with Crippen molar-refractivity contribution in [1.82, 2.24) is 29.1 Å². The fourth-order valence-corrected chi connectivity index (χ4v) is 6.39. The molecule has 5 heterocycles. The number of aromatic nitrogens is 6. The lowest BCUT2D eigenvalue weighted by molar-refractivity contribution is -0.118. The van der Waals surface area contributed by atoms with E-state index in [9.17, 15) is 33.8 Å². The highest BCUT2D eigenvalue weighted by Gasteiger charge is 2.58. The van der Waals surface area contributed by atoms with E-state index < -0.39 is 80.4 Å². The number of nitrogens with zero attached hydrogens (tertiary/aromatic N) is 5. The summed E-state index contributed by atoms with van der Waals surface area (Å²) >= 11 is 0. The molecule has 1 aromatic carbocycles. The first kappa shape index (κ1) is 33.1. The molecule has 1 saturated carbocycles. The lowest BCUT2D eigenvalue weighted by Gasteiger charge is -2.21. The predicted molar refractivity (Wildman–Crippen MR) is 167 cm³/mol. The van der Waals surface area contributed by atoms with Crippen LogP contribution in [0.2, 0.25) is 0 Å². The molecule has 0 bridgehead atoms. The number of carbonyl (C=O) groups is 1. The van der Waals surface area contributed by atoms with Gasteiger partial charge in [0.05, 0.1) is 30.4 Å². The van der Waals surface area contributed by atoms with E-state index in [0.717, 1.165) is 10.9 Å². The van der Waals surface area contributed by atoms with Crippen LogP contribution in [0, 0.1) is 5.92 Å². The Kier molecular flexibility index (Phi) is 8.25. The van der Waals surface area contributed by atoms with Crippen molar-refractivity contribution in [2.75, 3.05) is 24.7 Å². The van der Waals surface area contributed by atoms with Gasteiger partial charge in [0.25, 0.3) is 11.1 Å². The minimum atomic E-state index is -4.98. The molecule has 2 saturated heterocycles. The molecular weight excluding hydrogens is 671 g/mol. The summed E-state index contributed by atoms with van der Waals surface area (Å²) in [4.78, 5) is 71.7. The van der Waals surface area contributed by atoms with Crippen LogP contribution in [0.1, 0.15) is 19.4 Å². The summed E-state index contributed by atoms with van der Waals surface area (Å²) in [5.74, 6) is -0.841. The average molecular weight is 703 g/mol. The van der Waals surface area contributed by atoms with Crippen LogP contribution in [0.4, 0.5) is 11.6 Å². The number of ether oxygens (including phenoxy) is 4. The molecule has 2 aliphatic heterocycles. The van der Waals surface area contributed by atoms with E-state index in [1.165, 1.54) is 24.5 Å². The number of hydrogen-bond donors (Lipinski definition) is 6. The van der Waals surface area contributed by atoms with Crippen molar-refractivity contribution in [2.45, 2.75) is 56.0 Å². The van der Waals surface area contributed by atoms with Crippen molar-refractivity contribution in [2.24, 2.45) is 5.92 Å². The van der Waals surface area contributed by atoms with E-state index >= 15 is 0 Å². The van der Waals surface area contributed by atoms with Gasteiger partial charge in [0.2, 0.25) is 5.95 Å². The summed E-state index contributed by atoms with van der Waals surface area (Å²) in [6.45, 7) is 5.10. The van der Waals surface area contributed by atoms with Gasteiger partial charge in [-0.3, -0.25) is 33.0 Å². The Balaban J connectivity index is 1.04. The lowest BCUT2D eigenvalue weighted by Crippen LogP contribution is -2.39. The number of fused-ring (bicyclic) bond motifs is 2. The quantitative estimate of drug-likeness (QED) is 0.0647. The molecule has 260 valence electrons. The number of phosphoric ester groups is 1. The summed E-state index contributed by atoms with van der Waals surface area (Å²) in [6.07, 6.45) is -6.80. The molecule has 0 spiro atoms. The number of nitrogen functional groups attached to an aromatic ring is 2. The van der Waals surface area contributed by atoms with E-state index in [1.54, 1.807) is 4.57 Å². The second kappa shape index (κ2) is 12.2. The number of aromatic amines is 1. The molecule has 4 unspecified atom stereocenters. The van der Waals surface area contributed by atoms with Gasteiger partial charge in [-0.25, -0.2) is 14.5 Å². The van der Waals surface area contributed by atoms with Crippen LogP contribution in [0.3, 0.4) is 0 Å². The highest BCUT2D eigenvalue weighted by Crippen LogP contribution is 2.42. The number of imidazole rings is 1. The minimum absolute atomic E-state index is 0.0793. The van der Waals surface area contributed by atoms with Crippen molar-refractivity contribution in [1.29, 1.82) is 0 Å². The molecule has 21 heteroatoms. The number of H-pyrrole nitrogens is 1. The van der Waals surface area contributed by atoms with Gasteiger partial charge in [0.1, 0.15) is 37.0 Å². The maximum Gasteiger partial charge on any atom is 0.469 e. The molecule has 8 N–H and O–H groups in total. The molecule has 9 atom stereocenters. The summed E-state index contributed by atoms with van der Waals surface area (Å²) in [7, 11) is -4.98. The molecule has 3 aliphatic rings. The fourth-order valence-electron chi connectivity index (χ4n) is 6.05. The number of ketones is 1. The molecule has 49 heavy (non-hydrogen) atoms. The van der Waals surface area contributed by atoms with Gasteiger partial charge in [0.15, 0.2) is 35.4 Å². The largest absolute Gasteiger partial charge is 0.469 e. The predicted octanol–water partition coefficient (Wildman–Crippen LogP) is -1.13. The maximum absolute atomic E-state index is 13.3. The number of nitrogens with two attached hydrogens (primary N) is 2. The average Bonchev–Trinajstić information content (AvgIpc) is 3.29. The number of carbonyl (C=O) groups excluding carboxylic acids is 1. The van der Waals surface area contributed by atoms with E-state index in [-0.39, 0.29) is 35.0 Å². The third kappa shape index (κ3) is 6.07. The lowest BCUT2D eigenvalue weighted by atomic mass is 10.0. The SMILES string of the molecule is C=C1C(C)[C@H](n2cnc3c(=O)[nH]c(N)nc32)O[C@@H]1COC1C(=O)C1O[C@H]1C(O)[C@H](n2cnc3cc(N)ccc3c2=O)O[C@@H]1COP(=O)(O)O. The minimum Gasteiger partial charge on any atom is -0.399 e. The molecular formula is C28H31N8O12P. The van der Waals surface area contributed by atoms with Gasteiger partial charge >= 0.3 is 7.82 Å². The summed E-state index contributed by atoms with van der Waals surface area (Å²) in [6, 6.07) is 4.46. The first-order chi connectivity index (χ1) is 23.2. The monoisotopic (exact) mass is 702 g/mol. The highest BCUT2D eigenvalue weighted by molar-refractivity contribution is 7.46. The van der Waals surface area contributed by atoms with Gasteiger partial charge < -0.3 is 45.3 Å². The molecule has 0 amide bonds. The zero-order chi connectivity index (χ0) is 34.9. The van der Waals surface area contributed by atoms with E-state index in [2.05, 4.69) is 31.0 Å². The number of aliphatic hydroxyl groups is 1. The summed E-state index contributed by atoms with van der Waals surface area (Å²) in [5.41, 5.74) is 12.0. The van der Waals surface area contributed by atoms with E-state index in [1.807, 2.05) is 6.92 Å². The zero-order valence-electron chi connectivity index (χ0n) is 25.6. The Bertz CT molecular complexity index is 2150. The molecule has 7 rings (SSSR count). The molecule has 0 radical (unpaired) electrons. The van der Waals surface area contributed by atoms with Crippen LogP contribution >= 0.6 is 7.82 Å². The van der Waals surface area contributed by atoms with Crippen LogP contribution in [0.5, 0.6) is 0 Å². The normalized spacial score (nSPS) is 30.2. The van der Waals surface area contributed by atoms with Crippen molar-refractivity contribution in [3.05, 3.63) is 63.7 Å². The third-order valence-corrected chi connectivity index (χ3v) is 9.20. The molecule has 3 aromatic heterocycles. The number of aliphatic hydroxyl groups excluding tert-OH is 1. The van der Waals surface area contributed by atoms with Gasteiger partial charge in [-0.1, -0.05) is 13.5 Å². The number of Topliss-reactive ketones (excluding diaryl/α,β-unsaturated/α-hetero) is 1. The van der Waals surface area contributed by atoms with E-state index in [0.29, 0.717) is 16.8 Å². The van der Waals surface area contributed by atoms with Crippen molar-refractivity contribution in [3.63, 3.8) is 0 Å². The second-order valence-electron chi connectivity index (χ2n) is 11.9. The molecule has 4 aromatic rings. The van der Waals surface area contributed by atoms with Crippen molar-refractivity contribution >= 4 is 47.3 Å². The highest BCUT2D eigenvalue weighted by atomic mass is 31.2. The zero-order valence-corrected chi connectivity index (χ0v) is 26.5. The van der Waals surface area contributed by atoms with Gasteiger partial charge in [0, 0.05) is 11.6 Å². The Morgan fingerprint density at radius 1 is 1.06 bits per heavy atom. The number of hydrogen-bond acceptors (Lipinski definition) is 15. The first-order valence-corrected chi connectivity index (χ1v) is 16.4. The number of phosphoric acid groups is 1. The molecule has 1 aliphatic carbocycles. The van der Waals surface area contributed by atoms with Crippen LogP contribution in [-0.2, 0) is 32.8 Å². The summed E-state index contributed by atoms with van der Waals surface area (Å²) in [5, 5.41) is 11.4. The standard InChI is InChI=1S/C28H31N8O12P/c1-10-11(2)26(35-9-32-17-23(35)33-28(30)34-24(17)39)46-15(10)6-44-21-18(37)22(21)48-20-16(7-45-49(41,42)43)47-27(19(20)38)36-8-31-14-5-12(29)3-4-13(14)25(36)40/h3-5,8-9,11,15-16,19-22,26-27,38H,1,6-7,29H2,2H3,(H2,41,42,43)(H3,30,33,34,39)/t11?,15-,16-,19?,20-,21?,22?,26-,27-/m1/s1. The Labute approximate surface area is 274 Å². The third-order valence-electron chi connectivity index (χ3n) is 8.71. The topological polar surface area (TPSA) is 291 Å². The second-order valence-corrected chi connectivity index (χ2v) is 13.1. The number of benzene rings is 1. The van der Waals surface area contributed by atoms with Gasteiger partial charge in [-0.05, 0) is 23.8 Å². The number of rotatable bonds is 10. The van der Waals surface area contributed by atoms with Gasteiger partial charge in [-0.2, -0.15) is 4.98 Å².